The van der Waals surface area contributed by atoms with Gasteiger partial charge in [0.2, 0.25) is 0 Å². The van der Waals surface area contributed by atoms with E-state index in [2.05, 4.69) is 10.1 Å². The quantitative estimate of drug-likeness (QED) is 0.495. The lowest BCUT2D eigenvalue weighted by Gasteiger charge is -2.12. The highest BCUT2D eigenvalue weighted by Crippen LogP contribution is 2.26. The maximum atomic E-state index is 11.4. The van der Waals surface area contributed by atoms with E-state index in [4.69, 9.17) is 5.26 Å². The first kappa shape index (κ1) is 14.4. The van der Waals surface area contributed by atoms with Crippen molar-refractivity contribution in [3.05, 3.63) is 33.9 Å². The first-order valence-corrected chi connectivity index (χ1v) is 5.49. The Bertz CT molecular complexity index is 536. The monoisotopic (exact) mass is 263 g/mol. The number of nitrogens with one attached hydrogen (secondary N) is 1. The third-order valence-corrected chi connectivity index (χ3v) is 2.41. The second-order valence-corrected chi connectivity index (χ2v) is 3.89. The lowest BCUT2D eigenvalue weighted by molar-refractivity contribution is -0.384. The Morgan fingerprint density at radius 3 is 2.84 bits per heavy atom. The van der Waals surface area contributed by atoms with Gasteiger partial charge in [0.05, 0.1) is 30.1 Å². The first-order chi connectivity index (χ1) is 8.99. The van der Waals surface area contributed by atoms with Crippen LogP contribution >= 0.6 is 0 Å². The first-order valence-electron chi connectivity index (χ1n) is 5.49. The van der Waals surface area contributed by atoms with Gasteiger partial charge in [-0.05, 0) is 19.1 Å². The van der Waals surface area contributed by atoms with Crippen LogP contribution in [0.3, 0.4) is 0 Å². The normalized spacial score (nSPS) is 11.2. The summed E-state index contributed by atoms with van der Waals surface area (Å²) in [6.45, 7) is 1.72. The summed E-state index contributed by atoms with van der Waals surface area (Å²) in [5.41, 5.74) is 0.243. The van der Waals surface area contributed by atoms with Crippen molar-refractivity contribution in [3.8, 4) is 6.07 Å². The topological polar surface area (TPSA) is 105 Å². The molecule has 0 aliphatic heterocycles. The van der Waals surface area contributed by atoms with Crippen LogP contribution < -0.4 is 5.32 Å². The fourth-order valence-electron chi connectivity index (χ4n) is 1.51. The van der Waals surface area contributed by atoms with Crippen molar-refractivity contribution in [2.45, 2.75) is 19.4 Å². The molecule has 0 fully saturated rings. The molecule has 1 aromatic rings. The van der Waals surface area contributed by atoms with E-state index in [-0.39, 0.29) is 29.4 Å². The van der Waals surface area contributed by atoms with Crippen molar-refractivity contribution in [1.29, 1.82) is 5.26 Å². The van der Waals surface area contributed by atoms with Gasteiger partial charge >= 0.3 is 5.97 Å². The molecule has 0 radical (unpaired) electrons. The van der Waals surface area contributed by atoms with Crippen molar-refractivity contribution in [2.24, 2.45) is 0 Å². The summed E-state index contributed by atoms with van der Waals surface area (Å²) >= 11 is 0. The fraction of sp³-hybridized carbons (Fsp3) is 0.333. The molecule has 100 valence electrons. The lowest BCUT2D eigenvalue weighted by Crippen LogP contribution is -2.16. The molecule has 7 heteroatoms. The molecule has 0 amide bonds. The molecule has 7 nitrogen and oxygen atoms in total. The third-order valence-electron chi connectivity index (χ3n) is 2.41. The molecular weight excluding hydrogens is 250 g/mol. The second kappa shape index (κ2) is 6.35. The summed E-state index contributed by atoms with van der Waals surface area (Å²) in [6.07, 6.45) is 0.194. The second-order valence-electron chi connectivity index (χ2n) is 3.89. The average Bonchev–Trinajstić information content (AvgIpc) is 2.37. The van der Waals surface area contributed by atoms with Crippen molar-refractivity contribution < 1.29 is 14.5 Å². The predicted octanol–water partition coefficient (Wildman–Crippen LogP) is 2.10. The van der Waals surface area contributed by atoms with Gasteiger partial charge in [-0.1, -0.05) is 0 Å². The number of nitro benzene ring substituents is 1. The molecule has 1 N–H and O–H groups in total. The van der Waals surface area contributed by atoms with Crippen molar-refractivity contribution >= 4 is 17.3 Å². The number of carbonyl (C=O) groups excluding carboxylic acids is 1. The molecule has 0 aromatic heterocycles. The van der Waals surface area contributed by atoms with Crippen molar-refractivity contribution in [2.75, 3.05) is 12.4 Å². The van der Waals surface area contributed by atoms with Crippen LogP contribution in [0.25, 0.3) is 0 Å². The van der Waals surface area contributed by atoms with Crippen molar-refractivity contribution in [3.63, 3.8) is 0 Å². The molecule has 19 heavy (non-hydrogen) atoms. The van der Waals surface area contributed by atoms with E-state index < -0.39 is 10.9 Å². The Hall–Kier alpha value is -2.62. The molecule has 1 aromatic carbocycles. The van der Waals surface area contributed by atoms with E-state index in [1.807, 2.05) is 6.07 Å². The van der Waals surface area contributed by atoms with E-state index in [0.29, 0.717) is 0 Å². The van der Waals surface area contributed by atoms with Crippen LogP contribution in [0, 0.1) is 21.4 Å². The van der Waals surface area contributed by atoms with E-state index in [9.17, 15) is 14.9 Å². The Labute approximate surface area is 109 Å². The summed E-state index contributed by atoms with van der Waals surface area (Å²) in [7, 11) is 1.23. The zero-order valence-corrected chi connectivity index (χ0v) is 10.5. The zero-order valence-electron chi connectivity index (χ0n) is 10.5. The fourth-order valence-corrected chi connectivity index (χ4v) is 1.51. The number of hydrogen-bond donors (Lipinski definition) is 1. The number of esters is 1. The Morgan fingerprint density at radius 2 is 2.32 bits per heavy atom. The van der Waals surface area contributed by atoms with Crippen LogP contribution in [0.5, 0.6) is 0 Å². The highest BCUT2D eigenvalue weighted by Gasteiger charge is 2.18. The number of ether oxygens (including phenoxy) is 1. The number of methoxy groups -OCH3 is 1. The number of anilines is 1. The number of hydrogen-bond acceptors (Lipinski definition) is 6. The molecule has 0 spiro atoms. The molecule has 0 saturated carbocycles. The van der Waals surface area contributed by atoms with Crippen LogP contribution in [0.4, 0.5) is 11.4 Å². The number of nitrogens with zero attached hydrogens (tertiary/aromatic N) is 2. The number of benzene rings is 1. The van der Waals surface area contributed by atoms with E-state index in [1.54, 1.807) is 6.92 Å². The van der Waals surface area contributed by atoms with Gasteiger partial charge in [-0.3, -0.25) is 10.1 Å². The Morgan fingerprint density at radius 1 is 1.63 bits per heavy atom. The number of nitriles is 1. The Kier molecular flexibility index (Phi) is 4.83. The van der Waals surface area contributed by atoms with Gasteiger partial charge in [0, 0.05) is 12.1 Å². The van der Waals surface area contributed by atoms with Crippen LogP contribution in [-0.4, -0.2) is 24.0 Å². The number of nitro groups is 1. The highest BCUT2D eigenvalue weighted by atomic mass is 16.6. The number of rotatable bonds is 5. The van der Waals surface area contributed by atoms with Gasteiger partial charge < -0.3 is 10.1 Å². The molecule has 0 heterocycles. The van der Waals surface area contributed by atoms with Crippen LogP contribution in [0.1, 0.15) is 23.7 Å². The molecule has 1 rings (SSSR count). The SMILES string of the molecule is COC(=O)c1ccc([N+](=O)[O-])c(NC(C)CC#N)c1. The minimum Gasteiger partial charge on any atom is -0.465 e. The highest BCUT2D eigenvalue weighted by molar-refractivity contribution is 5.91. The van der Waals surface area contributed by atoms with Gasteiger partial charge in [-0.2, -0.15) is 5.26 Å². The third kappa shape index (κ3) is 3.67. The van der Waals surface area contributed by atoms with Gasteiger partial charge in [0.15, 0.2) is 0 Å². The molecule has 0 aliphatic carbocycles. The molecule has 0 aliphatic rings. The van der Waals surface area contributed by atoms with E-state index in [1.165, 1.54) is 25.3 Å². The summed E-state index contributed by atoms with van der Waals surface area (Å²) in [5, 5.41) is 22.3. The van der Waals surface area contributed by atoms with Crippen LogP contribution in [0.15, 0.2) is 18.2 Å². The summed E-state index contributed by atoms with van der Waals surface area (Å²) in [4.78, 5) is 21.7. The summed E-state index contributed by atoms with van der Waals surface area (Å²) in [6, 6.07) is 5.59. The molecule has 1 atom stereocenters. The molecule has 1 unspecified atom stereocenters. The van der Waals surface area contributed by atoms with Gasteiger partial charge in [-0.25, -0.2) is 4.79 Å². The molecule has 0 bridgehead atoms. The summed E-state index contributed by atoms with van der Waals surface area (Å²) in [5.74, 6) is -0.578. The van der Waals surface area contributed by atoms with Gasteiger partial charge in [0.25, 0.3) is 5.69 Å². The summed E-state index contributed by atoms with van der Waals surface area (Å²) < 4.78 is 4.56. The number of carbonyl (C=O) groups is 1. The average molecular weight is 263 g/mol. The maximum Gasteiger partial charge on any atom is 0.337 e. The Balaban J connectivity index is 3.12. The van der Waals surface area contributed by atoms with E-state index >= 15 is 0 Å². The van der Waals surface area contributed by atoms with E-state index in [0.717, 1.165) is 0 Å². The smallest absolute Gasteiger partial charge is 0.337 e. The standard InChI is InChI=1S/C12H13N3O4/c1-8(5-6-13)14-10-7-9(12(16)19-2)3-4-11(10)15(17)18/h3-4,7-8,14H,5H2,1-2H3. The zero-order chi connectivity index (χ0) is 14.4. The van der Waals surface area contributed by atoms with Crippen LogP contribution in [0.2, 0.25) is 0 Å². The minimum absolute atomic E-state index is 0.155. The van der Waals surface area contributed by atoms with Gasteiger partial charge in [-0.15, -0.1) is 0 Å². The lowest BCUT2D eigenvalue weighted by atomic mass is 10.1. The molecule has 0 saturated heterocycles. The maximum absolute atomic E-state index is 11.4. The van der Waals surface area contributed by atoms with Crippen molar-refractivity contribution in [1.82, 2.24) is 0 Å². The predicted molar refractivity (Wildman–Crippen MR) is 67.8 cm³/mol. The largest absolute Gasteiger partial charge is 0.465 e. The van der Waals surface area contributed by atoms with Gasteiger partial charge in [0.1, 0.15) is 5.69 Å². The van der Waals surface area contributed by atoms with Crippen LogP contribution in [-0.2, 0) is 4.74 Å². The molecular formula is C12H13N3O4. The minimum atomic E-state index is -0.578.